The van der Waals surface area contributed by atoms with Crippen LogP contribution in [0.2, 0.25) is 0 Å². The number of benzene rings is 3. The van der Waals surface area contributed by atoms with Gasteiger partial charge in [-0.15, -0.1) is 0 Å². The van der Waals surface area contributed by atoms with Gasteiger partial charge in [-0.25, -0.2) is 8.42 Å². The third kappa shape index (κ3) is 4.58. The van der Waals surface area contributed by atoms with Gasteiger partial charge in [0, 0.05) is 5.69 Å². The van der Waals surface area contributed by atoms with E-state index in [0.717, 1.165) is 17.5 Å². The first-order valence-electron chi connectivity index (χ1n) is 8.98. The molecule has 0 spiro atoms. The van der Waals surface area contributed by atoms with Crippen LogP contribution in [0.25, 0.3) is 0 Å². The van der Waals surface area contributed by atoms with E-state index in [4.69, 9.17) is 0 Å². The molecule has 0 fully saturated rings. The average molecular weight is 394 g/mol. The van der Waals surface area contributed by atoms with Crippen LogP contribution in [0.3, 0.4) is 0 Å². The quantitative estimate of drug-likeness (QED) is 0.641. The van der Waals surface area contributed by atoms with Gasteiger partial charge in [0.1, 0.15) is 0 Å². The normalized spacial score (nSPS) is 11.1. The molecule has 3 aromatic rings. The summed E-state index contributed by atoms with van der Waals surface area (Å²) in [5.74, 6) is -0.386. The number of para-hydroxylation sites is 1. The molecule has 2 N–H and O–H groups in total. The predicted octanol–water partition coefficient (Wildman–Crippen LogP) is 4.61. The van der Waals surface area contributed by atoms with E-state index in [0.29, 0.717) is 5.69 Å². The Balaban J connectivity index is 1.84. The second kappa shape index (κ2) is 8.27. The number of hydrogen-bond acceptors (Lipinski definition) is 3. The van der Waals surface area contributed by atoms with Gasteiger partial charge in [-0.1, -0.05) is 48.9 Å². The molecular formula is C22H22N2O3S. The van der Waals surface area contributed by atoms with Gasteiger partial charge in [0.2, 0.25) is 0 Å². The van der Waals surface area contributed by atoms with Crippen LogP contribution >= 0.6 is 0 Å². The van der Waals surface area contributed by atoms with Crippen LogP contribution in [-0.4, -0.2) is 14.3 Å². The van der Waals surface area contributed by atoms with Crippen LogP contribution in [0.5, 0.6) is 0 Å². The zero-order chi connectivity index (χ0) is 20.1. The Morgan fingerprint density at radius 1 is 0.893 bits per heavy atom. The maximum atomic E-state index is 12.7. The summed E-state index contributed by atoms with van der Waals surface area (Å²) < 4.78 is 28.0. The Hall–Kier alpha value is -3.12. The minimum atomic E-state index is -3.80. The van der Waals surface area contributed by atoms with Crippen molar-refractivity contribution in [1.82, 2.24) is 0 Å². The van der Waals surface area contributed by atoms with Gasteiger partial charge in [0.25, 0.3) is 15.9 Å². The Bertz CT molecular complexity index is 1070. The average Bonchev–Trinajstić information content (AvgIpc) is 2.70. The molecule has 0 aliphatic heterocycles. The molecule has 0 saturated carbocycles. The topological polar surface area (TPSA) is 75.3 Å². The highest BCUT2D eigenvalue weighted by atomic mass is 32.2. The first kappa shape index (κ1) is 19.6. The monoisotopic (exact) mass is 394 g/mol. The molecule has 3 aromatic carbocycles. The van der Waals surface area contributed by atoms with E-state index in [2.05, 4.69) is 10.0 Å². The van der Waals surface area contributed by atoms with Gasteiger partial charge < -0.3 is 5.32 Å². The molecule has 3 rings (SSSR count). The minimum Gasteiger partial charge on any atom is -0.322 e. The number of amides is 1. The highest BCUT2D eigenvalue weighted by Gasteiger charge is 2.18. The molecule has 0 atom stereocenters. The third-order valence-electron chi connectivity index (χ3n) is 4.37. The Kier molecular flexibility index (Phi) is 5.80. The van der Waals surface area contributed by atoms with Crippen LogP contribution in [0, 0.1) is 6.92 Å². The fourth-order valence-electron chi connectivity index (χ4n) is 2.71. The summed E-state index contributed by atoms with van der Waals surface area (Å²) in [4.78, 5) is 12.8. The smallest absolute Gasteiger partial charge is 0.261 e. The SMILES string of the molecule is CCc1ccc(S(=O)(=O)Nc2ccccc2C(=O)Nc2ccc(C)cc2)cc1. The number of carbonyl (C=O) groups is 1. The van der Waals surface area contributed by atoms with Crippen LogP contribution < -0.4 is 10.0 Å². The van der Waals surface area contributed by atoms with E-state index in [9.17, 15) is 13.2 Å². The number of nitrogens with one attached hydrogen (secondary N) is 2. The summed E-state index contributed by atoms with van der Waals surface area (Å²) in [5.41, 5.74) is 3.25. The molecule has 0 aliphatic carbocycles. The number of hydrogen-bond donors (Lipinski definition) is 2. The van der Waals surface area contributed by atoms with E-state index in [1.807, 2.05) is 26.0 Å². The number of aryl methyl sites for hydroxylation is 2. The number of rotatable bonds is 6. The maximum Gasteiger partial charge on any atom is 0.261 e. The van der Waals surface area contributed by atoms with Gasteiger partial charge in [0.05, 0.1) is 16.1 Å². The van der Waals surface area contributed by atoms with Gasteiger partial charge in [-0.05, 0) is 55.3 Å². The highest BCUT2D eigenvalue weighted by molar-refractivity contribution is 7.92. The van der Waals surface area contributed by atoms with Crippen LogP contribution in [-0.2, 0) is 16.4 Å². The summed E-state index contributed by atoms with van der Waals surface area (Å²) in [6.45, 7) is 3.97. The van der Waals surface area contributed by atoms with Crippen molar-refractivity contribution in [3.8, 4) is 0 Å². The number of sulfonamides is 1. The predicted molar refractivity (Wildman–Crippen MR) is 112 cm³/mol. The molecule has 0 aliphatic rings. The number of anilines is 2. The van der Waals surface area contributed by atoms with Crippen molar-refractivity contribution in [3.05, 3.63) is 89.5 Å². The largest absolute Gasteiger partial charge is 0.322 e. The molecule has 0 saturated heterocycles. The maximum absolute atomic E-state index is 12.7. The Morgan fingerprint density at radius 3 is 2.18 bits per heavy atom. The lowest BCUT2D eigenvalue weighted by atomic mass is 10.1. The summed E-state index contributed by atoms with van der Waals surface area (Å²) in [5, 5.41) is 2.79. The molecule has 0 aromatic heterocycles. The molecule has 5 nitrogen and oxygen atoms in total. The molecule has 28 heavy (non-hydrogen) atoms. The van der Waals surface area contributed by atoms with Crippen molar-refractivity contribution in [2.24, 2.45) is 0 Å². The van der Waals surface area contributed by atoms with Crippen LogP contribution in [0.15, 0.2) is 77.7 Å². The van der Waals surface area contributed by atoms with E-state index in [1.54, 1.807) is 60.7 Å². The molecule has 0 radical (unpaired) electrons. The highest BCUT2D eigenvalue weighted by Crippen LogP contribution is 2.22. The molecule has 1 amide bonds. The second-order valence-electron chi connectivity index (χ2n) is 6.47. The van der Waals surface area contributed by atoms with Gasteiger partial charge in [-0.2, -0.15) is 0 Å². The summed E-state index contributed by atoms with van der Waals surface area (Å²) >= 11 is 0. The fraction of sp³-hybridized carbons (Fsp3) is 0.136. The molecule has 144 valence electrons. The molecule has 0 heterocycles. The fourth-order valence-corrected chi connectivity index (χ4v) is 3.79. The van der Waals surface area contributed by atoms with Crippen molar-refractivity contribution in [2.45, 2.75) is 25.2 Å². The van der Waals surface area contributed by atoms with Crippen molar-refractivity contribution in [2.75, 3.05) is 10.0 Å². The molecule has 0 unspecified atom stereocenters. The molecule has 0 bridgehead atoms. The van der Waals surface area contributed by atoms with Crippen LogP contribution in [0.1, 0.15) is 28.4 Å². The first-order valence-corrected chi connectivity index (χ1v) is 10.5. The lowest BCUT2D eigenvalue weighted by Gasteiger charge is -2.13. The van der Waals surface area contributed by atoms with E-state index >= 15 is 0 Å². The van der Waals surface area contributed by atoms with Crippen molar-refractivity contribution >= 4 is 27.3 Å². The van der Waals surface area contributed by atoms with Gasteiger partial charge in [0.15, 0.2) is 0 Å². The lowest BCUT2D eigenvalue weighted by Crippen LogP contribution is -2.18. The zero-order valence-corrected chi connectivity index (χ0v) is 16.6. The van der Waals surface area contributed by atoms with Gasteiger partial charge >= 0.3 is 0 Å². The first-order chi connectivity index (χ1) is 13.4. The Morgan fingerprint density at radius 2 is 1.54 bits per heavy atom. The molecular weight excluding hydrogens is 372 g/mol. The van der Waals surface area contributed by atoms with Crippen molar-refractivity contribution < 1.29 is 13.2 Å². The van der Waals surface area contributed by atoms with Crippen LogP contribution in [0.4, 0.5) is 11.4 Å². The molecule has 6 heteroatoms. The zero-order valence-electron chi connectivity index (χ0n) is 15.8. The minimum absolute atomic E-state index is 0.151. The van der Waals surface area contributed by atoms with Crippen molar-refractivity contribution in [1.29, 1.82) is 0 Å². The standard InChI is InChI=1S/C22H22N2O3S/c1-3-17-10-14-19(15-11-17)28(26,27)24-21-7-5-4-6-20(21)22(25)23-18-12-8-16(2)9-13-18/h4-15,24H,3H2,1-2H3,(H,23,25). The lowest BCUT2D eigenvalue weighted by molar-refractivity contribution is 0.102. The van der Waals surface area contributed by atoms with E-state index < -0.39 is 10.0 Å². The Labute approximate surface area is 165 Å². The second-order valence-corrected chi connectivity index (χ2v) is 8.15. The summed E-state index contributed by atoms with van der Waals surface area (Å²) in [6.07, 6.45) is 0.829. The third-order valence-corrected chi connectivity index (χ3v) is 5.75. The van der Waals surface area contributed by atoms with E-state index in [1.165, 1.54) is 0 Å². The summed E-state index contributed by atoms with van der Waals surface area (Å²) in [6, 6.07) is 20.6. The number of carbonyl (C=O) groups excluding carboxylic acids is 1. The summed E-state index contributed by atoms with van der Waals surface area (Å²) in [7, 11) is -3.80. The van der Waals surface area contributed by atoms with Crippen molar-refractivity contribution in [3.63, 3.8) is 0 Å². The van der Waals surface area contributed by atoms with Gasteiger partial charge in [-0.3, -0.25) is 9.52 Å². The van der Waals surface area contributed by atoms with E-state index in [-0.39, 0.29) is 22.1 Å².